The Kier molecular flexibility index (Phi) is 1.98. The van der Waals surface area contributed by atoms with Gasteiger partial charge in [-0.1, -0.05) is 13.3 Å². The smallest absolute Gasteiger partial charge is 0.252 e. The van der Waals surface area contributed by atoms with E-state index >= 15 is 0 Å². The Balaban J connectivity index is 2.77. The van der Waals surface area contributed by atoms with E-state index in [1.807, 2.05) is 13.8 Å². The van der Waals surface area contributed by atoms with Crippen molar-refractivity contribution in [3.63, 3.8) is 0 Å². The number of rotatable bonds is 2. The van der Waals surface area contributed by atoms with Crippen LogP contribution < -0.4 is 5.32 Å². The molecule has 62 valence electrons. The molecule has 3 heteroatoms. The third-order valence-electron chi connectivity index (χ3n) is 1.93. The van der Waals surface area contributed by atoms with Crippen molar-refractivity contribution in [1.82, 2.24) is 5.32 Å². The lowest BCUT2D eigenvalue weighted by molar-refractivity contribution is -0.123. The summed E-state index contributed by atoms with van der Waals surface area (Å²) in [6.07, 6.45) is 1.82. The molecular weight excluding hydrogens is 140 g/mol. The van der Waals surface area contributed by atoms with Crippen molar-refractivity contribution in [2.45, 2.75) is 39.2 Å². The zero-order valence-corrected chi connectivity index (χ0v) is 7.27. The highest BCUT2D eigenvalue weighted by Gasteiger charge is 2.36. The van der Waals surface area contributed by atoms with E-state index in [0.717, 1.165) is 18.7 Å². The molecular formula is C8H14N2O. The van der Waals surface area contributed by atoms with E-state index in [-0.39, 0.29) is 5.91 Å². The molecule has 0 aromatic rings. The Morgan fingerprint density at radius 2 is 2.27 bits per heavy atom. The molecule has 1 heterocycles. The fraction of sp³-hybridized carbons (Fsp3) is 0.750. The highest BCUT2D eigenvalue weighted by atomic mass is 16.2. The fourth-order valence-corrected chi connectivity index (χ4v) is 1.40. The molecule has 0 saturated heterocycles. The van der Waals surface area contributed by atoms with Gasteiger partial charge in [-0.05, 0) is 20.3 Å². The molecule has 1 aliphatic heterocycles. The molecule has 11 heavy (non-hydrogen) atoms. The van der Waals surface area contributed by atoms with Crippen molar-refractivity contribution < 1.29 is 4.79 Å². The zero-order valence-electron chi connectivity index (χ0n) is 7.27. The first-order valence-corrected chi connectivity index (χ1v) is 3.96. The number of carbonyl (C=O) groups excluding carboxylic acids is 1. The van der Waals surface area contributed by atoms with Crippen LogP contribution in [-0.4, -0.2) is 17.3 Å². The summed E-state index contributed by atoms with van der Waals surface area (Å²) in [5.41, 5.74) is -0.487. The first-order valence-electron chi connectivity index (χ1n) is 3.96. The second kappa shape index (κ2) is 2.64. The van der Waals surface area contributed by atoms with Crippen molar-refractivity contribution in [3.05, 3.63) is 0 Å². The van der Waals surface area contributed by atoms with Crippen LogP contribution in [0.25, 0.3) is 0 Å². The first kappa shape index (κ1) is 8.24. The second-order valence-electron chi connectivity index (χ2n) is 3.18. The van der Waals surface area contributed by atoms with E-state index in [1.54, 1.807) is 0 Å². The fourth-order valence-electron chi connectivity index (χ4n) is 1.40. The van der Waals surface area contributed by atoms with Gasteiger partial charge in [0.2, 0.25) is 0 Å². The molecule has 1 rings (SSSR count). The van der Waals surface area contributed by atoms with Gasteiger partial charge >= 0.3 is 0 Å². The van der Waals surface area contributed by atoms with Gasteiger partial charge in [-0.3, -0.25) is 9.79 Å². The van der Waals surface area contributed by atoms with Crippen LogP contribution in [0.5, 0.6) is 0 Å². The number of carbonyl (C=O) groups is 1. The van der Waals surface area contributed by atoms with Crippen molar-refractivity contribution in [2.24, 2.45) is 4.99 Å². The van der Waals surface area contributed by atoms with E-state index in [9.17, 15) is 4.79 Å². The SMILES string of the molecule is CCCC1(C)N=C(C)NC1=O. The van der Waals surface area contributed by atoms with Crippen LogP contribution in [0.3, 0.4) is 0 Å². The highest BCUT2D eigenvalue weighted by molar-refractivity contribution is 6.07. The molecule has 0 bridgehead atoms. The summed E-state index contributed by atoms with van der Waals surface area (Å²) in [6, 6.07) is 0. The van der Waals surface area contributed by atoms with Gasteiger partial charge in [0.15, 0.2) is 0 Å². The minimum Gasteiger partial charge on any atom is -0.313 e. The van der Waals surface area contributed by atoms with Crippen LogP contribution >= 0.6 is 0 Å². The van der Waals surface area contributed by atoms with Gasteiger partial charge in [0, 0.05) is 0 Å². The third kappa shape index (κ3) is 1.42. The molecule has 0 spiro atoms. The summed E-state index contributed by atoms with van der Waals surface area (Å²) in [6.45, 7) is 5.75. The third-order valence-corrected chi connectivity index (χ3v) is 1.93. The summed E-state index contributed by atoms with van der Waals surface area (Å²) in [5, 5.41) is 2.70. The van der Waals surface area contributed by atoms with Gasteiger partial charge < -0.3 is 5.32 Å². The Hall–Kier alpha value is -0.860. The standard InChI is InChI=1S/C8H14N2O/c1-4-5-8(3)7(11)9-6(2)10-8/h4-5H2,1-3H3,(H,9,10,11). The molecule has 0 aromatic carbocycles. The summed E-state index contributed by atoms with van der Waals surface area (Å²) in [7, 11) is 0. The van der Waals surface area contributed by atoms with Crippen molar-refractivity contribution in [1.29, 1.82) is 0 Å². The van der Waals surface area contributed by atoms with E-state index in [1.165, 1.54) is 0 Å². The van der Waals surface area contributed by atoms with Gasteiger partial charge in [-0.25, -0.2) is 0 Å². The first-order chi connectivity index (χ1) is 5.08. The Bertz CT molecular complexity index is 210. The second-order valence-corrected chi connectivity index (χ2v) is 3.18. The average Bonchev–Trinajstić information content (AvgIpc) is 2.08. The largest absolute Gasteiger partial charge is 0.313 e. The summed E-state index contributed by atoms with van der Waals surface area (Å²) >= 11 is 0. The maximum atomic E-state index is 11.3. The number of nitrogens with zero attached hydrogens (tertiary/aromatic N) is 1. The van der Waals surface area contributed by atoms with Crippen LogP contribution in [0.4, 0.5) is 0 Å². The lowest BCUT2D eigenvalue weighted by Crippen LogP contribution is -2.36. The van der Waals surface area contributed by atoms with E-state index < -0.39 is 5.54 Å². The molecule has 3 nitrogen and oxygen atoms in total. The minimum atomic E-state index is -0.487. The van der Waals surface area contributed by atoms with Gasteiger partial charge in [-0.2, -0.15) is 0 Å². The normalized spacial score (nSPS) is 30.1. The minimum absolute atomic E-state index is 0.0388. The quantitative estimate of drug-likeness (QED) is 0.635. The van der Waals surface area contributed by atoms with Crippen molar-refractivity contribution in [3.8, 4) is 0 Å². The number of aliphatic imine (C=N–C) groups is 1. The topological polar surface area (TPSA) is 41.5 Å². The number of hydrogen-bond acceptors (Lipinski definition) is 2. The predicted molar refractivity (Wildman–Crippen MR) is 44.6 cm³/mol. The van der Waals surface area contributed by atoms with Crippen molar-refractivity contribution >= 4 is 11.7 Å². The number of amides is 1. The summed E-state index contributed by atoms with van der Waals surface area (Å²) in [4.78, 5) is 15.5. The van der Waals surface area contributed by atoms with E-state index in [4.69, 9.17) is 0 Å². The Morgan fingerprint density at radius 3 is 2.64 bits per heavy atom. The van der Waals surface area contributed by atoms with E-state index in [0.29, 0.717) is 0 Å². The van der Waals surface area contributed by atoms with Gasteiger partial charge in [-0.15, -0.1) is 0 Å². The number of amidine groups is 1. The molecule has 0 saturated carbocycles. The van der Waals surface area contributed by atoms with E-state index in [2.05, 4.69) is 17.2 Å². The van der Waals surface area contributed by atoms with Gasteiger partial charge in [0.1, 0.15) is 11.4 Å². The molecule has 0 aliphatic carbocycles. The Morgan fingerprint density at radius 1 is 1.64 bits per heavy atom. The molecule has 0 radical (unpaired) electrons. The number of hydrogen-bond donors (Lipinski definition) is 1. The molecule has 1 amide bonds. The predicted octanol–water partition coefficient (Wildman–Crippen LogP) is 1.09. The monoisotopic (exact) mass is 154 g/mol. The van der Waals surface area contributed by atoms with Gasteiger partial charge in [0.25, 0.3) is 5.91 Å². The highest BCUT2D eigenvalue weighted by Crippen LogP contribution is 2.21. The van der Waals surface area contributed by atoms with Crippen molar-refractivity contribution in [2.75, 3.05) is 0 Å². The average molecular weight is 154 g/mol. The lowest BCUT2D eigenvalue weighted by Gasteiger charge is -2.15. The van der Waals surface area contributed by atoms with Crippen LogP contribution in [0.15, 0.2) is 4.99 Å². The zero-order chi connectivity index (χ0) is 8.48. The molecule has 1 unspecified atom stereocenters. The van der Waals surface area contributed by atoms with Gasteiger partial charge in [0.05, 0.1) is 0 Å². The molecule has 0 fully saturated rings. The summed E-state index contributed by atoms with van der Waals surface area (Å²) < 4.78 is 0. The molecule has 1 aliphatic rings. The number of nitrogens with one attached hydrogen (secondary N) is 1. The lowest BCUT2D eigenvalue weighted by atomic mass is 9.97. The molecule has 1 atom stereocenters. The van der Waals surface area contributed by atoms with Crippen LogP contribution in [0.1, 0.15) is 33.6 Å². The Labute approximate surface area is 66.9 Å². The maximum Gasteiger partial charge on any atom is 0.252 e. The summed E-state index contributed by atoms with van der Waals surface area (Å²) in [5.74, 6) is 0.780. The molecule has 0 aromatic heterocycles. The van der Waals surface area contributed by atoms with Crippen LogP contribution in [0.2, 0.25) is 0 Å². The van der Waals surface area contributed by atoms with Crippen LogP contribution in [0, 0.1) is 0 Å². The van der Waals surface area contributed by atoms with Crippen LogP contribution in [-0.2, 0) is 4.79 Å². The molecule has 1 N–H and O–H groups in total. The maximum absolute atomic E-state index is 11.3.